The van der Waals surface area contributed by atoms with Gasteiger partial charge in [0, 0.05) is 35.9 Å². The van der Waals surface area contributed by atoms with Gasteiger partial charge in [-0.25, -0.2) is 36.3 Å². The van der Waals surface area contributed by atoms with E-state index in [2.05, 4.69) is 19.7 Å². The highest BCUT2D eigenvalue weighted by Gasteiger charge is 2.37. The van der Waals surface area contributed by atoms with Gasteiger partial charge in [-0.3, -0.25) is 4.79 Å². The zero-order chi connectivity index (χ0) is 34.3. The predicted molar refractivity (Wildman–Crippen MR) is 169 cm³/mol. The number of carbonyl (C=O) groups is 1. The summed E-state index contributed by atoms with van der Waals surface area (Å²) in [5.74, 6) is -2.49. The number of carbonyl (C=O) groups excluding carboxylic acids is 1. The molecule has 7 rings (SSSR count). The Morgan fingerprint density at radius 3 is 2.51 bits per heavy atom. The lowest BCUT2D eigenvalue weighted by Gasteiger charge is -2.27. The molecule has 250 valence electrons. The molecule has 1 atom stereocenters. The van der Waals surface area contributed by atoms with Gasteiger partial charge in [-0.05, 0) is 73.4 Å². The van der Waals surface area contributed by atoms with Gasteiger partial charge in [0.25, 0.3) is 5.91 Å². The van der Waals surface area contributed by atoms with Crippen molar-refractivity contribution in [2.24, 2.45) is 0 Å². The summed E-state index contributed by atoms with van der Waals surface area (Å²) in [4.78, 5) is 25.6. The molecule has 2 aromatic heterocycles. The van der Waals surface area contributed by atoms with Crippen molar-refractivity contribution in [1.82, 2.24) is 24.2 Å². The van der Waals surface area contributed by atoms with E-state index in [9.17, 15) is 17.6 Å². The van der Waals surface area contributed by atoms with E-state index in [1.165, 1.54) is 36.5 Å². The number of hydrogen-bond acceptors (Lipinski definition) is 9. The maximum atomic E-state index is 15.6. The van der Waals surface area contributed by atoms with Crippen LogP contribution in [0.25, 0.3) is 22.3 Å². The van der Waals surface area contributed by atoms with E-state index in [-0.39, 0.29) is 58.7 Å². The normalized spacial score (nSPS) is 15.8. The summed E-state index contributed by atoms with van der Waals surface area (Å²) in [7, 11) is -3.76. The molecule has 15 heteroatoms. The van der Waals surface area contributed by atoms with Gasteiger partial charge in [0.1, 0.15) is 29.9 Å². The maximum absolute atomic E-state index is 15.6. The van der Waals surface area contributed by atoms with Crippen molar-refractivity contribution in [1.29, 1.82) is 5.26 Å². The number of nitriles is 1. The van der Waals surface area contributed by atoms with E-state index in [4.69, 9.17) is 14.7 Å². The number of aromatic nitrogens is 4. The van der Waals surface area contributed by atoms with Crippen LogP contribution in [-0.2, 0) is 34.3 Å². The van der Waals surface area contributed by atoms with Crippen molar-refractivity contribution >= 4 is 27.0 Å². The van der Waals surface area contributed by atoms with Gasteiger partial charge in [-0.15, -0.1) is 0 Å². The summed E-state index contributed by atoms with van der Waals surface area (Å²) in [6, 6.07) is 13.6. The first-order chi connectivity index (χ1) is 23.6. The molecule has 1 N–H and O–H groups in total. The first-order valence-corrected chi connectivity index (χ1v) is 16.9. The number of amides is 1. The molecule has 0 spiro atoms. The van der Waals surface area contributed by atoms with Crippen molar-refractivity contribution in [2.45, 2.75) is 50.2 Å². The van der Waals surface area contributed by atoms with E-state index in [0.717, 1.165) is 24.6 Å². The Hall–Kier alpha value is -5.33. The number of ether oxygens (including phenoxy) is 2. The number of imidazole rings is 1. The molecule has 3 aromatic carbocycles. The van der Waals surface area contributed by atoms with Gasteiger partial charge in [0.2, 0.25) is 10.0 Å². The summed E-state index contributed by atoms with van der Waals surface area (Å²) in [5, 5.41) is 8.36. The third-order valence-corrected chi connectivity index (χ3v) is 10.2. The zero-order valence-corrected chi connectivity index (χ0v) is 26.5. The average molecular weight is 689 g/mol. The number of nitrogens with one attached hydrogen (secondary N) is 1. The quantitative estimate of drug-likeness (QED) is 0.203. The van der Waals surface area contributed by atoms with Crippen LogP contribution in [0.5, 0.6) is 6.01 Å². The number of hydrogen-bond donors (Lipinski definition) is 1. The standard InChI is InChI=1S/C34H27F3N6O5S/c35-26-11-19(16-38)1-2-21(26)18-48-34-39-9-7-29(41-34)25-15-27(36)22(12-28(25)37)14-32-40-30-6-3-20(33(44)42-49(45,46)24-4-5-24)13-31(30)43(32)17-23-8-10-47-23/h1-3,6-7,9,11-13,15,23-24H,4-5,8,10,14,17-18H2,(H,42,44)/t23-/m0/s1. The second-order valence-electron chi connectivity index (χ2n) is 11.8. The summed E-state index contributed by atoms with van der Waals surface area (Å²) < 4.78 is 85.1. The highest BCUT2D eigenvalue weighted by Crippen LogP contribution is 2.30. The monoisotopic (exact) mass is 688 g/mol. The lowest BCUT2D eigenvalue weighted by molar-refractivity contribution is -0.0589. The van der Waals surface area contributed by atoms with E-state index < -0.39 is 38.6 Å². The fourth-order valence-electron chi connectivity index (χ4n) is 5.46. The van der Waals surface area contributed by atoms with Crippen LogP contribution < -0.4 is 9.46 Å². The van der Waals surface area contributed by atoms with Gasteiger partial charge in [0.05, 0.1) is 46.3 Å². The number of fused-ring (bicyclic) bond motifs is 1. The Balaban J connectivity index is 1.14. The number of halogens is 3. The number of rotatable bonds is 11. The van der Waals surface area contributed by atoms with Gasteiger partial charge in [0.15, 0.2) is 0 Å². The van der Waals surface area contributed by atoms with Crippen LogP contribution in [0.2, 0.25) is 0 Å². The molecule has 2 fully saturated rings. The minimum atomic E-state index is -3.76. The molecule has 0 radical (unpaired) electrons. The first-order valence-electron chi connectivity index (χ1n) is 15.4. The van der Waals surface area contributed by atoms with E-state index >= 15 is 8.78 Å². The van der Waals surface area contributed by atoms with Crippen molar-refractivity contribution in [3.05, 3.63) is 106 Å². The summed E-state index contributed by atoms with van der Waals surface area (Å²) >= 11 is 0. The molecule has 0 unspecified atom stereocenters. The topological polar surface area (TPSA) is 149 Å². The second-order valence-corrected chi connectivity index (χ2v) is 13.8. The van der Waals surface area contributed by atoms with Gasteiger partial charge >= 0.3 is 6.01 Å². The molecule has 2 aliphatic rings. The molecular weight excluding hydrogens is 661 g/mol. The molecule has 1 aliphatic carbocycles. The Labute approximate surface area is 278 Å². The second kappa shape index (κ2) is 12.9. The van der Waals surface area contributed by atoms with Crippen LogP contribution in [0, 0.1) is 28.8 Å². The minimum absolute atomic E-state index is 0.0163. The summed E-state index contributed by atoms with van der Waals surface area (Å²) in [5.41, 5.74) is 1.35. The Morgan fingerprint density at radius 2 is 1.80 bits per heavy atom. The highest BCUT2D eigenvalue weighted by molar-refractivity contribution is 7.91. The summed E-state index contributed by atoms with van der Waals surface area (Å²) in [6.07, 6.45) is 2.86. The highest BCUT2D eigenvalue weighted by atomic mass is 32.2. The van der Waals surface area contributed by atoms with Crippen LogP contribution in [0.4, 0.5) is 13.2 Å². The van der Waals surface area contributed by atoms with Crippen LogP contribution in [0.1, 0.15) is 52.1 Å². The zero-order valence-electron chi connectivity index (χ0n) is 25.7. The Morgan fingerprint density at radius 1 is 1.00 bits per heavy atom. The predicted octanol–water partition coefficient (Wildman–Crippen LogP) is 4.96. The molecular formula is C34H27F3N6O5S. The number of sulfonamides is 1. The molecule has 1 saturated carbocycles. The summed E-state index contributed by atoms with van der Waals surface area (Å²) in [6.45, 7) is 0.674. The smallest absolute Gasteiger partial charge is 0.317 e. The van der Waals surface area contributed by atoms with Crippen LogP contribution in [0.3, 0.4) is 0 Å². The molecule has 1 saturated heterocycles. The van der Waals surface area contributed by atoms with E-state index in [1.54, 1.807) is 10.6 Å². The van der Waals surface area contributed by atoms with Crippen molar-refractivity contribution in [2.75, 3.05) is 6.61 Å². The van der Waals surface area contributed by atoms with Crippen LogP contribution in [0.15, 0.2) is 60.8 Å². The minimum Gasteiger partial charge on any atom is -0.458 e. The number of nitrogens with zero attached hydrogens (tertiary/aromatic N) is 5. The molecule has 0 bridgehead atoms. The van der Waals surface area contributed by atoms with Crippen molar-refractivity contribution < 1.29 is 35.9 Å². The third kappa shape index (κ3) is 6.83. The Kier molecular flexibility index (Phi) is 8.51. The lowest BCUT2D eigenvalue weighted by atomic mass is 10.0. The largest absolute Gasteiger partial charge is 0.458 e. The molecule has 49 heavy (non-hydrogen) atoms. The van der Waals surface area contributed by atoms with Crippen molar-refractivity contribution in [3.63, 3.8) is 0 Å². The van der Waals surface area contributed by atoms with Crippen LogP contribution >= 0.6 is 0 Å². The lowest BCUT2D eigenvalue weighted by Crippen LogP contribution is -2.33. The average Bonchev–Trinajstić information content (AvgIpc) is 3.87. The SMILES string of the molecule is N#Cc1ccc(COc2nccc(-c3cc(F)c(Cc4nc5ccc(C(=O)NS(=O)(=O)C6CC6)cc5n4C[C@@H]4CCO4)cc3F)n2)c(F)c1. The molecule has 1 amide bonds. The molecule has 5 aromatic rings. The maximum Gasteiger partial charge on any atom is 0.317 e. The fourth-order valence-corrected chi connectivity index (χ4v) is 6.76. The number of benzene rings is 3. The van der Waals surface area contributed by atoms with Crippen LogP contribution in [-0.4, -0.2) is 51.8 Å². The van der Waals surface area contributed by atoms with Gasteiger partial charge < -0.3 is 14.0 Å². The molecule has 3 heterocycles. The Bertz CT molecular complexity index is 2260. The van der Waals surface area contributed by atoms with E-state index in [0.29, 0.717) is 42.9 Å². The van der Waals surface area contributed by atoms with Gasteiger partial charge in [-0.2, -0.15) is 10.2 Å². The molecule has 1 aliphatic heterocycles. The molecule has 11 nitrogen and oxygen atoms in total. The first kappa shape index (κ1) is 32.2. The van der Waals surface area contributed by atoms with Gasteiger partial charge in [-0.1, -0.05) is 6.07 Å². The third-order valence-electron chi connectivity index (χ3n) is 8.40. The fraction of sp³-hybridized carbons (Fsp3) is 0.265. The van der Waals surface area contributed by atoms with E-state index in [1.807, 2.05) is 6.07 Å². The van der Waals surface area contributed by atoms with Crippen molar-refractivity contribution in [3.8, 4) is 23.3 Å².